The molecule has 0 atom stereocenters. The van der Waals surface area contributed by atoms with Gasteiger partial charge < -0.3 is 15.3 Å². The summed E-state index contributed by atoms with van der Waals surface area (Å²) in [6.07, 6.45) is 0. The van der Waals surface area contributed by atoms with Crippen molar-refractivity contribution in [3.8, 4) is 11.5 Å². The number of aromatic hydroxyl groups is 2. The molecule has 0 aliphatic rings. The highest BCUT2D eigenvalue weighted by molar-refractivity contribution is 6.01. The minimum Gasteiger partial charge on any atom is -0.508 e. The second kappa shape index (κ2) is 4.45. The lowest BCUT2D eigenvalue weighted by Gasteiger charge is -2.03. The van der Waals surface area contributed by atoms with Gasteiger partial charge in [-0.15, -0.1) is 0 Å². The molecule has 5 nitrogen and oxygen atoms in total. The molecule has 0 aliphatic carbocycles. The SMILES string of the molecule is CC(=NCC(=O)O)c1ccc(O)cc1O. The Morgan fingerprint density at radius 1 is 1.40 bits per heavy atom. The van der Waals surface area contributed by atoms with Crippen LogP contribution in [-0.2, 0) is 4.79 Å². The summed E-state index contributed by atoms with van der Waals surface area (Å²) in [6.45, 7) is 1.25. The lowest BCUT2D eigenvalue weighted by Crippen LogP contribution is -2.04. The second-order valence-corrected chi connectivity index (χ2v) is 3.00. The van der Waals surface area contributed by atoms with Gasteiger partial charge in [0.1, 0.15) is 18.0 Å². The number of aliphatic imine (C=N–C) groups is 1. The van der Waals surface area contributed by atoms with Gasteiger partial charge in [0.15, 0.2) is 0 Å². The van der Waals surface area contributed by atoms with Crippen molar-refractivity contribution >= 4 is 11.7 Å². The molecular formula is C10H11NO4. The summed E-state index contributed by atoms with van der Waals surface area (Å²) in [7, 11) is 0. The van der Waals surface area contributed by atoms with Crippen LogP contribution in [0, 0.1) is 0 Å². The molecule has 0 aliphatic heterocycles. The van der Waals surface area contributed by atoms with Crippen molar-refractivity contribution in [3.63, 3.8) is 0 Å². The van der Waals surface area contributed by atoms with Crippen LogP contribution in [0.25, 0.3) is 0 Å². The van der Waals surface area contributed by atoms with Crippen LogP contribution in [0.1, 0.15) is 12.5 Å². The first-order valence-electron chi connectivity index (χ1n) is 4.26. The molecule has 1 rings (SSSR count). The van der Waals surface area contributed by atoms with Gasteiger partial charge in [0.25, 0.3) is 0 Å². The number of phenolic OH excluding ortho intramolecular Hbond substituents is 2. The van der Waals surface area contributed by atoms with Crippen LogP contribution in [0.15, 0.2) is 23.2 Å². The Labute approximate surface area is 86.3 Å². The number of phenols is 2. The Kier molecular flexibility index (Phi) is 3.28. The third-order valence-corrected chi connectivity index (χ3v) is 1.82. The zero-order chi connectivity index (χ0) is 11.4. The van der Waals surface area contributed by atoms with E-state index in [9.17, 15) is 9.90 Å². The Balaban J connectivity index is 2.95. The summed E-state index contributed by atoms with van der Waals surface area (Å²) in [5.41, 5.74) is 0.823. The van der Waals surface area contributed by atoms with Gasteiger partial charge in [-0.2, -0.15) is 0 Å². The van der Waals surface area contributed by atoms with Crippen LogP contribution in [0.2, 0.25) is 0 Å². The number of carboxylic acid groups (broad SMARTS) is 1. The average molecular weight is 209 g/mol. The topological polar surface area (TPSA) is 90.1 Å². The maximum Gasteiger partial charge on any atom is 0.325 e. The van der Waals surface area contributed by atoms with E-state index in [0.29, 0.717) is 11.3 Å². The molecule has 0 unspecified atom stereocenters. The standard InChI is InChI=1S/C10H11NO4/c1-6(11-5-10(14)15)8-3-2-7(12)4-9(8)13/h2-4,12-13H,5H2,1H3,(H,14,15). The fourth-order valence-corrected chi connectivity index (χ4v) is 1.10. The lowest BCUT2D eigenvalue weighted by molar-refractivity contribution is -0.135. The van der Waals surface area contributed by atoms with E-state index >= 15 is 0 Å². The molecule has 1 aromatic carbocycles. The van der Waals surface area contributed by atoms with E-state index in [1.807, 2.05) is 0 Å². The van der Waals surface area contributed by atoms with E-state index < -0.39 is 5.97 Å². The quantitative estimate of drug-likeness (QED) is 0.647. The molecule has 0 radical (unpaired) electrons. The molecule has 0 saturated heterocycles. The summed E-state index contributed by atoms with van der Waals surface area (Å²) in [5.74, 6) is -1.21. The van der Waals surface area contributed by atoms with Gasteiger partial charge in [-0.1, -0.05) is 0 Å². The van der Waals surface area contributed by atoms with E-state index in [2.05, 4.69) is 4.99 Å². The normalized spacial score (nSPS) is 11.4. The highest BCUT2D eigenvalue weighted by Gasteiger charge is 2.05. The first-order chi connectivity index (χ1) is 7.00. The number of aliphatic carboxylic acids is 1. The number of benzene rings is 1. The maximum atomic E-state index is 10.3. The van der Waals surface area contributed by atoms with Gasteiger partial charge in [0.2, 0.25) is 0 Å². The van der Waals surface area contributed by atoms with Crippen LogP contribution >= 0.6 is 0 Å². The van der Waals surface area contributed by atoms with Gasteiger partial charge in [0, 0.05) is 17.3 Å². The Morgan fingerprint density at radius 2 is 2.07 bits per heavy atom. The third kappa shape index (κ3) is 2.98. The molecule has 0 saturated carbocycles. The molecule has 5 heteroatoms. The molecule has 0 fully saturated rings. The van der Waals surface area contributed by atoms with Crippen LogP contribution in [0.5, 0.6) is 11.5 Å². The Morgan fingerprint density at radius 3 is 2.60 bits per heavy atom. The first-order valence-corrected chi connectivity index (χ1v) is 4.26. The molecule has 0 bridgehead atoms. The molecule has 3 N–H and O–H groups in total. The molecule has 0 aromatic heterocycles. The summed E-state index contributed by atoms with van der Waals surface area (Å²) in [6, 6.07) is 4.05. The van der Waals surface area contributed by atoms with Crippen molar-refractivity contribution in [2.45, 2.75) is 6.92 Å². The Bertz CT molecular complexity index is 412. The number of hydrogen-bond donors (Lipinski definition) is 3. The van der Waals surface area contributed by atoms with E-state index in [1.54, 1.807) is 6.92 Å². The molecule has 15 heavy (non-hydrogen) atoms. The van der Waals surface area contributed by atoms with E-state index in [4.69, 9.17) is 10.2 Å². The number of carbonyl (C=O) groups is 1. The summed E-state index contributed by atoms with van der Waals surface area (Å²) < 4.78 is 0. The van der Waals surface area contributed by atoms with Crippen molar-refractivity contribution in [2.24, 2.45) is 4.99 Å². The average Bonchev–Trinajstić information content (AvgIpc) is 2.14. The van der Waals surface area contributed by atoms with Crippen LogP contribution in [-0.4, -0.2) is 33.5 Å². The van der Waals surface area contributed by atoms with Crippen molar-refractivity contribution in [1.29, 1.82) is 0 Å². The predicted molar refractivity (Wildman–Crippen MR) is 54.5 cm³/mol. The summed E-state index contributed by atoms with van der Waals surface area (Å²) in [4.78, 5) is 14.0. The molecule has 1 aromatic rings. The number of rotatable bonds is 3. The van der Waals surface area contributed by atoms with E-state index in [-0.39, 0.29) is 18.0 Å². The monoisotopic (exact) mass is 209 g/mol. The molecule has 0 spiro atoms. The van der Waals surface area contributed by atoms with Gasteiger partial charge in [-0.25, -0.2) is 0 Å². The van der Waals surface area contributed by atoms with Gasteiger partial charge in [-0.3, -0.25) is 9.79 Å². The van der Waals surface area contributed by atoms with Crippen molar-refractivity contribution in [2.75, 3.05) is 6.54 Å². The van der Waals surface area contributed by atoms with Crippen LogP contribution < -0.4 is 0 Å². The molecular weight excluding hydrogens is 198 g/mol. The van der Waals surface area contributed by atoms with Gasteiger partial charge >= 0.3 is 5.97 Å². The van der Waals surface area contributed by atoms with Gasteiger partial charge in [0.05, 0.1) is 0 Å². The largest absolute Gasteiger partial charge is 0.508 e. The Hall–Kier alpha value is -2.04. The highest BCUT2D eigenvalue weighted by Crippen LogP contribution is 2.22. The minimum absolute atomic E-state index is 0.0534. The van der Waals surface area contributed by atoms with Crippen molar-refractivity contribution < 1.29 is 20.1 Å². The summed E-state index contributed by atoms with van der Waals surface area (Å²) in [5, 5.41) is 26.9. The predicted octanol–water partition coefficient (Wildman–Crippen LogP) is 0.991. The number of nitrogens with zero attached hydrogens (tertiary/aromatic N) is 1. The lowest BCUT2D eigenvalue weighted by atomic mass is 10.1. The second-order valence-electron chi connectivity index (χ2n) is 3.00. The third-order valence-electron chi connectivity index (χ3n) is 1.82. The first kappa shape index (κ1) is 11.0. The van der Waals surface area contributed by atoms with Crippen molar-refractivity contribution in [3.05, 3.63) is 23.8 Å². The smallest absolute Gasteiger partial charge is 0.325 e. The van der Waals surface area contributed by atoms with Crippen LogP contribution in [0.4, 0.5) is 0 Å². The molecule has 0 heterocycles. The summed E-state index contributed by atoms with van der Waals surface area (Å²) >= 11 is 0. The molecule has 80 valence electrons. The number of hydrogen-bond acceptors (Lipinski definition) is 4. The molecule has 0 amide bonds. The minimum atomic E-state index is -1.03. The van der Waals surface area contributed by atoms with Crippen LogP contribution in [0.3, 0.4) is 0 Å². The highest BCUT2D eigenvalue weighted by atomic mass is 16.4. The van der Waals surface area contributed by atoms with E-state index in [1.165, 1.54) is 18.2 Å². The fourth-order valence-electron chi connectivity index (χ4n) is 1.10. The van der Waals surface area contributed by atoms with Crippen molar-refractivity contribution in [1.82, 2.24) is 0 Å². The fraction of sp³-hybridized carbons (Fsp3) is 0.200. The number of carboxylic acids is 1. The maximum absolute atomic E-state index is 10.3. The zero-order valence-corrected chi connectivity index (χ0v) is 8.14. The zero-order valence-electron chi connectivity index (χ0n) is 8.14. The van der Waals surface area contributed by atoms with Gasteiger partial charge in [-0.05, 0) is 19.1 Å². The van der Waals surface area contributed by atoms with E-state index in [0.717, 1.165) is 0 Å².